The van der Waals surface area contributed by atoms with Crippen molar-refractivity contribution in [3.63, 3.8) is 0 Å². The molecule has 2 saturated heterocycles. The number of sulfonamides is 1. The van der Waals surface area contributed by atoms with Crippen molar-refractivity contribution in [1.82, 2.24) is 19.1 Å². The van der Waals surface area contributed by atoms with E-state index in [0.29, 0.717) is 22.0 Å². The van der Waals surface area contributed by atoms with Crippen LogP contribution in [-0.4, -0.2) is 78.3 Å². The Balaban J connectivity index is 1.50. The molecule has 2 aliphatic heterocycles. The first-order valence-corrected chi connectivity index (χ1v) is 12.8. The van der Waals surface area contributed by atoms with E-state index in [1.54, 1.807) is 6.07 Å². The average Bonchev–Trinajstić information content (AvgIpc) is 2.86. The van der Waals surface area contributed by atoms with Gasteiger partial charge in [0.25, 0.3) is 15.6 Å². The van der Waals surface area contributed by atoms with Crippen molar-refractivity contribution in [2.45, 2.75) is 41.9 Å². The third-order valence-electron chi connectivity index (χ3n) is 6.06. The summed E-state index contributed by atoms with van der Waals surface area (Å²) in [6.45, 7) is -1.37. The number of nitrogens with one attached hydrogen (secondary N) is 1. The van der Waals surface area contributed by atoms with E-state index in [1.165, 1.54) is 6.07 Å². The Bertz CT molecular complexity index is 1300. The molecule has 4 atom stereocenters. The number of hydrogen-bond donors (Lipinski definition) is 1. The Morgan fingerprint density at radius 1 is 1.28 bits per heavy atom. The lowest BCUT2D eigenvalue weighted by Gasteiger charge is -2.36. The summed E-state index contributed by atoms with van der Waals surface area (Å²) in [7, 11) is -4.36. The second-order valence-electron chi connectivity index (χ2n) is 8.62. The van der Waals surface area contributed by atoms with Crippen LogP contribution in [0.3, 0.4) is 0 Å². The van der Waals surface area contributed by atoms with E-state index in [0.717, 1.165) is 18.5 Å². The highest BCUT2D eigenvalue weighted by molar-refractivity contribution is 7.89. The van der Waals surface area contributed by atoms with Crippen LogP contribution >= 0.6 is 11.6 Å². The zero-order valence-electron chi connectivity index (χ0n) is 18.8. The van der Waals surface area contributed by atoms with Crippen LogP contribution in [0.4, 0.5) is 18.9 Å². The first kappa shape index (κ1) is 26.3. The second kappa shape index (κ2) is 10.3. The molecule has 2 fully saturated rings. The Hall–Kier alpha value is -2.73. The van der Waals surface area contributed by atoms with Gasteiger partial charge in [0, 0.05) is 25.9 Å². The molecule has 194 valence electrons. The van der Waals surface area contributed by atoms with Crippen LogP contribution in [0, 0.1) is 11.3 Å². The number of nitrogens with zero attached hydrogens (tertiary/aromatic N) is 5. The number of ether oxygens (including phenoxy) is 1. The van der Waals surface area contributed by atoms with Crippen LogP contribution in [0.25, 0.3) is 0 Å². The van der Waals surface area contributed by atoms with Gasteiger partial charge in [-0.05, 0) is 25.0 Å². The number of piperidine rings is 1. The summed E-state index contributed by atoms with van der Waals surface area (Å²) in [6, 6.07) is 2.35. The molecule has 10 nitrogen and oxygen atoms in total. The molecule has 1 N–H and O–H groups in total. The number of anilines is 1. The largest absolute Gasteiger partial charge is 0.379 e. The predicted octanol–water partition coefficient (Wildman–Crippen LogP) is 2.02. The van der Waals surface area contributed by atoms with E-state index >= 15 is 8.78 Å². The quantitative estimate of drug-likeness (QED) is 0.582. The average molecular weight is 547 g/mol. The molecule has 2 aliphatic rings. The van der Waals surface area contributed by atoms with Gasteiger partial charge in [0.2, 0.25) is 0 Å². The van der Waals surface area contributed by atoms with Crippen molar-refractivity contribution in [2.75, 3.05) is 38.2 Å². The fourth-order valence-electron chi connectivity index (χ4n) is 4.13. The summed E-state index contributed by atoms with van der Waals surface area (Å²) in [6.07, 6.45) is -1.38. The smallest absolute Gasteiger partial charge is 0.288 e. The van der Waals surface area contributed by atoms with E-state index in [2.05, 4.69) is 15.4 Å². The number of pyridine rings is 1. The normalized spacial score (nSPS) is 27.4. The molecule has 15 heteroatoms. The van der Waals surface area contributed by atoms with Gasteiger partial charge in [-0.1, -0.05) is 11.6 Å². The standard InChI is InChI=1S/C21H22ClF3N6O4S/c22-18-16(28-11-21(25)4-1-5-35-12-21)8-29-31(20(18)32)19-14(23)9-30(10-15(19)24)36(33,34)17-3-2-13(6-26)7-27-17/h2-3,7-8,14-15,19,28H,1,4-5,9-12H2/t14-,15+,19?,21-/m0/s1. The van der Waals surface area contributed by atoms with Crippen molar-refractivity contribution in [3.8, 4) is 6.07 Å². The SMILES string of the molecule is N#Cc1ccc(S(=O)(=O)N2C[C@@H](F)C(n3ncc(NC[C@@]4(F)CCCOC4)c(Cl)c3=O)[C@@H](F)C2)nc1. The number of nitriles is 1. The zero-order valence-corrected chi connectivity index (χ0v) is 20.4. The minimum Gasteiger partial charge on any atom is -0.379 e. The van der Waals surface area contributed by atoms with E-state index in [4.69, 9.17) is 21.6 Å². The fraction of sp³-hybridized carbons (Fsp3) is 0.524. The van der Waals surface area contributed by atoms with Gasteiger partial charge in [-0.2, -0.15) is 14.7 Å². The molecule has 36 heavy (non-hydrogen) atoms. The number of alkyl halides is 3. The van der Waals surface area contributed by atoms with Crippen LogP contribution in [0.15, 0.2) is 34.3 Å². The van der Waals surface area contributed by atoms with Crippen LogP contribution < -0.4 is 10.9 Å². The number of halogens is 4. The highest BCUT2D eigenvalue weighted by Gasteiger charge is 2.45. The maximum absolute atomic E-state index is 15.1. The Kier molecular flexibility index (Phi) is 7.56. The van der Waals surface area contributed by atoms with Crippen LogP contribution in [0.1, 0.15) is 24.4 Å². The summed E-state index contributed by atoms with van der Waals surface area (Å²) in [5.41, 5.74) is -2.55. The maximum Gasteiger partial charge on any atom is 0.288 e. The van der Waals surface area contributed by atoms with E-state index in [-0.39, 0.29) is 30.8 Å². The molecule has 0 saturated carbocycles. The molecule has 0 aromatic carbocycles. The van der Waals surface area contributed by atoms with Gasteiger partial charge >= 0.3 is 0 Å². The number of aromatic nitrogens is 3. The van der Waals surface area contributed by atoms with E-state index < -0.39 is 62.8 Å². The first-order valence-electron chi connectivity index (χ1n) is 11.0. The molecule has 0 radical (unpaired) electrons. The van der Waals surface area contributed by atoms with Crippen molar-refractivity contribution in [1.29, 1.82) is 5.26 Å². The topological polar surface area (TPSA) is 130 Å². The van der Waals surface area contributed by atoms with Crippen LogP contribution in [0.2, 0.25) is 5.02 Å². The van der Waals surface area contributed by atoms with Crippen molar-refractivity contribution < 1.29 is 26.3 Å². The fourth-order valence-corrected chi connectivity index (χ4v) is 5.70. The van der Waals surface area contributed by atoms with Crippen molar-refractivity contribution in [2.24, 2.45) is 0 Å². The molecule has 4 heterocycles. The lowest BCUT2D eigenvalue weighted by atomic mass is 9.99. The van der Waals surface area contributed by atoms with Crippen molar-refractivity contribution in [3.05, 3.63) is 45.5 Å². The van der Waals surface area contributed by atoms with Gasteiger partial charge in [0.15, 0.2) is 10.7 Å². The summed E-state index contributed by atoms with van der Waals surface area (Å²) >= 11 is 6.11. The van der Waals surface area contributed by atoms with Gasteiger partial charge in [-0.3, -0.25) is 4.79 Å². The molecule has 2 aromatic heterocycles. The van der Waals surface area contributed by atoms with Gasteiger partial charge in [-0.15, -0.1) is 0 Å². The zero-order chi connectivity index (χ0) is 26.1. The molecule has 0 amide bonds. The van der Waals surface area contributed by atoms with Crippen molar-refractivity contribution >= 4 is 27.3 Å². The van der Waals surface area contributed by atoms with E-state index in [1.807, 2.05) is 0 Å². The third kappa shape index (κ3) is 5.19. The minimum atomic E-state index is -4.36. The number of rotatable bonds is 6. The van der Waals surface area contributed by atoms with Gasteiger partial charge < -0.3 is 10.1 Å². The highest BCUT2D eigenvalue weighted by atomic mass is 35.5. The highest BCUT2D eigenvalue weighted by Crippen LogP contribution is 2.31. The molecule has 0 aliphatic carbocycles. The second-order valence-corrected chi connectivity index (χ2v) is 10.9. The Morgan fingerprint density at radius 3 is 2.58 bits per heavy atom. The van der Waals surface area contributed by atoms with Gasteiger partial charge in [-0.25, -0.2) is 31.3 Å². The monoisotopic (exact) mass is 546 g/mol. The minimum absolute atomic E-state index is 0.00163. The summed E-state index contributed by atoms with van der Waals surface area (Å²) in [5.74, 6) is 0. The van der Waals surface area contributed by atoms with Gasteiger partial charge in [0.1, 0.15) is 29.5 Å². The van der Waals surface area contributed by atoms with Crippen LogP contribution in [0.5, 0.6) is 0 Å². The molecular weight excluding hydrogens is 525 g/mol. The Labute approximate surface area is 209 Å². The van der Waals surface area contributed by atoms with Gasteiger partial charge in [0.05, 0.1) is 30.6 Å². The maximum atomic E-state index is 15.1. The molecule has 0 bridgehead atoms. The summed E-state index contributed by atoms with van der Waals surface area (Å²) < 4.78 is 76.9. The number of hydrogen-bond acceptors (Lipinski definition) is 8. The first-order chi connectivity index (χ1) is 17.1. The molecule has 1 unspecified atom stereocenters. The third-order valence-corrected chi connectivity index (χ3v) is 8.18. The summed E-state index contributed by atoms with van der Waals surface area (Å²) in [5, 5.41) is 14.5. The van der Waals surface area contributed by atoms with Crippen LogP contribution in [-0.2, 0) is 14.8 Å². The predicted molar refractivity (Wildman–Crippen MR) is 122 cm³/mol. The Morgan fingerprint density at radius 2 is 2.00 bits per heavy atom. The molecule has 0 spiro atoms. The lowest BCUT2D eigenvalue weighted by Crippen LogP contribution is -2.53. The molecular formula is C21H22ClF3N6O4S. The molecule has 4 rings (SSSR count). The summed E-state index contributed by atoms with van der Waals surface area (Å²) in [4.78, 5) is 16.5. The lowest BCUT2D eigenvalue weighted by molar-refractivity contribution is -0.0234. The molecule has 2 aromatic rings. The van der Waals surface area contributed by atoms with E-state index in [9.17, 15) is 17.6 Å².